The molecule has 0 unspecified atom stereocenters. The first-order valence-corrected chi connectivity index (χ1v) is 9.15. The van der Waals surface area contributed by atoms with Crippen LogP contribution in [0.15, 0.2) is 48.5 Å². The molecule has 0 aromatic heterocycles. The van der Waals surface area contributed by atoms with Crippen molar-refractivity contribution in [3.63, 3.8) is 0 Å². The second-order valence-corrected chi connectivity index (χ2v) is 6.10. The van der Waals surface area contributed by atoms with E-state index in [-0.39, 0.29) is 23.7 Å². The van der Waals surface area contributed by atoms with Crippen molar-refractivity contribution < 1.29 is 19.1 Å². The van der Waals surface area contributed by atoms with E-state index in [9.17, 15) is 14.4 Å². The maximum atomic E-state index is 12.6. The van der Waals surface area contributed by atoms with Gasteiger partial charge in [0.25, 0.3) is 5.91 Å². The third-order valence-corrected chi connectivity index (χ3v) is 4.07. The highest BCUT2D eigenvalue weighted by molar-refractivity contribution is 6.40. The minimum atomic E-state index is -0.805. The van der Waals surface area contributed by atoms with E-state index >= 15 is 0 Å². The van der Waals surface area contributed by atoms with Crippen molar-refractivity contribution in [2.24, 2.45) is 0 Å². The van der Waals surface area contributed by atoms with Gasteiger partial charge in [0, 0.05) is 18.7 Å². The van der Waals surface area contributed by atoms with Crippen LogP contribution in [-0.2, 0) is 16.1 Å². The molecule has 148 valence electrons. The van der Waals surface area contributed by atoms with Crippen LogP contribution in [0.5, 0.6) is 5.75 Å². The number of para-hydroxylation sites is 2. The minimum Gasteiger partial charge on any atom is -0.496 e. The number of carbonyl (C=O) groups is 3. The zero-order valence-electron chi connectivity index (χ0n) is 16.1. The van der Waals surface area contributed by atoms with Crippen LogP contribution in [0.3, 0.4) is 0 Å². The SMILES string of the molecule is CCCCNC(=O)C(=O)Nc1ccccc1C(=O)NCc1ccccc1OC. The Morgan fingerprint density at radius 2 is 1.64 bits per heavy atom. The number of carbonyl (C=O) groups excluding carboxylic acids is 3. The number of hydrogen-bond donors (Lipinski definition) is 3. The van der Waals surface area contributed by atoms with E-state index in [0.29, 0.717) is 12.3 Å². The summed E-state index contributed by atoms with van der Waals surface area (Å²) in [4.78, 5) is 36.5. The van der Waals surface area contributed by atoms with Crippen LogP contribution in [0.1, 0.15) is 35.7 Å². The summed E-state index contributed by atoms with van der Waals surface area (Å²) in [6.45, 7) is 2.69. The molecule has 0 fully saturated rings. The molecule has 0 bridgehead atoms. The molecule has 0 saturated carbocycles. The molecule has 2 rings (SSSR count). The lowest BCUT2D eigenvalue weighted by molar-refractivity contribution is -0.136. The van der Waals surface area contributed by atoms with E-state index in [2.05, 4.69) is 16.0 Å². The molecule has 0 aliphatic heterocycles. The van der Waals surface area contributed by atoms with E-state index in [0.717, 1.165) is 18.4 Å². The molecule has 28 heavy (non-hydrogen) atoms. The smallest absolute Gasteiger partial charge is 0.313 e. The van der Waals surface area contributed by atoms with Gasteiger partial charge in [-0.1, -0.05) is 43.7 Å². The Morgan fingerprint density at radius 3 is 2.39 bits per heavy atom. The number of nitrogens with one attached hydrogen (secondary N) is 3. The van der Waals surface area contributed by atoms with Crippen LogP contribution in [0.25, 0.3) is 0 Å². The predicted molar refractivity (Wildman–Crippen MR) is 107 cm³/mol. The van der Waals surface area contributed by atoms with Crippen LogP contribution in [0, 0.1) is 0 Å². The lowest BCUT2D eigenvalue weighted by Crippen LogP contribution is -2.36. The molecule has 0 heterocycles. The highest BCUT2D eigenvalue weighted by Crippen LogP contribution is 2.18. The Morgan fingerprint density at radius 1 is 0.929 bits per heavy atom. The minimum absolute atomic E-state index is 0.266. The second kappa shape index (κ2) is 10.7. The van der Waals surface area contributed by atoms with Crippen molar-refractivity contribution in [1.82, 2.24) is 10.6 Å². The molecule has 3 amide bonds. The van der Waals surface area contributed by atoms with Crippen molar-refractivity contribution in [3.05, 3.63) is 59.7 Å². The molecule has 0 aliphatic carbocycles. The summed E-state index contributed by atoms with van der Waals surface area (Å²) >= 11 is 0. The van der Waals surface area contributed by atoms with Crippen LogP contribution in [-0.4, -0.2) is 31.4 Å². The summed E-state index contributed by atoms with van der Waals surface area (Å²) in [5, 5.41) is 7.85. The summed E-state index contributed by atoms with van der Waals surface area (Å²) < 4.78 is 5.27. The molecule has 2 aromatic carbocycles. The van der Waals surface area contributed by atoms with Crippen molar-refractivity contribution in [3.8, 4) is 5.75 Å². The van der Waals surface area contributed by atoms with Gasteiger partial charge in [-0.15, -0.1) is 0 Å². The topological polar surface area (TPSA) is 96.5 Å². The van der Waals surface area contributed by atoms with E-state index < -0.39 is 11.8 Å². The fourth-order valence-electron chi connectivity index (χ4n) is 2.55. The zero-order chi connectivity index (χ0) is 20.4. The van der Waals surface area contributed by atoms with Crippen molar-refractivity contribution in [2.75, 3.05) is 19.0 Å². The second-order valence-electron chi connectivity index (χ2n) is 6.10. The van der Waals surface area contributed by atoms with Gasteiger partial charge in [-0.2, -0.15) is 0 Å². The van der Waals surface area contributed by atoms with Gasteiger partial charge in [-0.05, 0) is 24.6 Å². The third kappa shape index (κ3) is 5.84. The Balaban J connectivity index is 2.03. The van der Waals surface area contributed by atoms with Crippen molar-refractivity contribution >= 4 is 23.4 Å². The summed E-state index contributed by atoms with van der Waals surface area (Å²) in [6, 6.07) is 13.9. The maximum Gasteiger partial charge on any atom is 0.313 e. The van der Waals surface area contributed by atoms with Gasteiger partial charge in [0.15, 0.2) is 0 Å². The normalized spacial score (nSPS) is 10.1. The summed E-state index contributed by atoms with van der Waals surface area (Å²) in [5.41, 5.74) is 1.37. The lowest BCUT2D eigenvalue weighted by atomic mass is 10.1. The largest absolute Gasteiger partial charge is 0.496 e. The first kappa shape index (κ1) is 21.0. The molecule has 0 spiro atoms. The number of amides is 3. The van der Waals surface area contributed by atoms with Gasteiger partial charge in [0.1, 0.15) is 5.75 Å². The van der Waals surface area contributed by atoms with Gasteiger partial charge in [-0.3, -0.25) is 14.4 Å². The summed E-state index contributed by atoms with van der Waals surface area (Å²) in [5.74, 6) is -1.22. The quantitative estimate of drug-likeness (QED) is 0.482. The first-order valence-electron chi connectivity index (χ1n) is 9.15. The summed E-state index contributed by atoms with van der Waals surface area (Å²) in [6.07, 6.45) is 1.71. The van der Waals surface area contributed by atoms with Crippen LogP contribution in [0.4, 0.5) is 5.69 Å². The fourth-order valence-corrected chi connectivity index (χ4v) is 2.55. The van der Waals surface area contributed by atoms with Crippen LogP contribution >= 0.6 is 0 Å². The highest BCUT2D eigenvalue weighted by Gasteiger charge is 2.17. The molecule has 0 aliphatic rings. The Bertz CT molecular complexity index is 836. The summed E-state index contributed by atoms with van der Waals surface area (Å²) in [7, 11) is 1.57. The monoisotopic (exact) mass is 383 g/mol. The number of benzene rings is 2. The number of rotatable bonds is 8. The van der Waals surface area contributed by atoms with E-state index in [1.807, 2.05) is 31.2 Å². The Hall–Kier alpha value is -3.35. The van der Waals surface area contributed by atoms with Gasteiger partial charge in [0.2, 0.25) is 0 Å². The Labute approximate surface area is 164 Å². The lowest BCUT2D eigenvalue weighted by Gasteiger charge is -2.13. The fraction of sp³-hybridized carbons (Fsp3) is 0.286. The average molecular weight is 383 g/mol. The van der Waals surface area contributed by atoms with Gasteiger partial charge in [-0.25, -0.2) is 0 Å². The van der Waals surface area contributed by atoms with Crippen molar-refractivity contribution in [2.45, 2.75) is 26.3 Å². The Kier molecular flexibility index (Phi) is 8.02. The molecule has 0 saturated heterocycles. The van der Waals surface area contributed by atoms with Gasteiger partial charge in [0.05, 0.1) is 18.4 Å². The molecule has 3 N–H and O–H groups in total. The predicted octanol–water partition coefficient (Wildman–Crippen LogP) is 2.48. The van der Waals surface area contributed by atoms with Gasteiger partial charge >= 0.3 is 11.8 Å². The maximum absolute atomic E-state index is 12.6. The molecule has 7 nitrogen and oxygen atoms in total. The van der Waals surface area contributed by atoms with Gasteiger partial charge < -0.3 is 20.7 Å². The molecular formula is C21H25N3O4. The number of hydrogen-bond acceptors (Lipinski definition) is 4. The molecule has 0 radical (unpaired) electrons. The zero-order valence-corrected chi connectivity index (χ0v) is 16.1. The van der Waals surface area contributed by atoms with Crippen LogP contribution < -0.4 is 20.7 Å². The first-order chi connectivity index (χ1) is 13.6. The molecule has 0 atom stereocenters. The third-order valence-electron chi connectivity index (χ3n) is 4.07. The number of ether oxygens (including phenoxy) is 1. The molecular weight excluding hydrogens is 358 g/mol. The number of unbranched alkanes of at least 4 members (excludes halogenated alkanes) is 1. The highest BCUT2D eigenvalue weighted by atomic mass is 16.5. The van der Waals surface area contributed by atoms with Crippen molar-refractivity contribution in [1.29, 1.82) is 0 Å². The van der Waals surface area contributed by atoms with E-state index in [1.54, 1.807) is 31.4 Å². The number of anilines is 1. The standard InChI is InChI=1S/C21H25N3O4/c1-3-4-13-22-20(26)21(27)24-17-11-7-6-10-16(17)19(25)23-14-15-9-5-8-12-18(15)28-2/h5-12H,3-4,13-14H2,1-2H3,(H,22,26)(H,23,25)(H,24,27). The molecule has 7 heteroatoms. The molecule has 2 aromatic rings. The number of methoxy groups -OCH3 is 1. The van der Waals surface area contributed by atoms with E-state index in [4.69, 9.17) is 4.74 Å². The van der Waals surface area contributed by atoms with E-state index in [1.165, 1.54) is 0 Å². The average Bonchev–Trinajstić information content (AvgIpc) is 2.72. The van der Waals surface area contributed by atoms with Crippen LogP contribution in [0.2, 0.25) is 0 Å².